The van der Waals surface area contributed by atoms with Gasteiger partial charge in [-0.15, -0.1) is 12.4 Å². The molecule has 2 atom stereocenters. The molecule has 0 aromatic carbocycles. The van der Waals surface area contributed by atoms with E-state index in [2.05, 4.69) is 15.7 Å². The molecule has 2 fully saturated rings. The van der Waals surface area contributed by atoms with Gasteiger partial charge in [-0.2, -0.15) is 5.10 Å². The minimum Gasteiger partial charge on any atom is -0.354 e. The van der Waals surface area contributed by atoms with Crippen LogP contribution in [0.15, 0.2) is 12.3 Å². The third-order valence-corrected chi connectivity index (χ3v) is 5.10. The number of rotatable bonds is 5. The molecule has 2 N–H and O–H groups in total. The molecule has 1 aromatic heterocycles. The Morgan fingerprint density at radius 3 is 2.81 bits per heavy atom. The normalized spacial score (nSPS) is 23.0. The van der Waals surface area contributed by atoms with Crippen molar-refractivity contribution in [1.29, 1.82) is 0 Å². The summed E-state index contributed by atoms with van der Waals surface area (Å²) in [5, 5.41) is 10.7. The molecule has 0 bridgehead atoms. The van der Waals surface area contributed by atoms with Crippen molar-refractivity contribution in [2.75, 3.05) is 26.2 Å². The molecule has 1 aromatic rings. The van der Waals surface area contributed by atoms with Gasteiger partial charge in [-0.25, -0.2) is 0 Å². The first-order chi connectivity index (χ1) is 12.0. The Balaban J connectivity index is 0.00000243. The van der Waals surface area contributed by atoms with Crippen LogP contribution < -0.4 is 10.6 Å². The smallest absolute Gasteiger partial charge is 0.274 e. The Hall–Kier alpha value is -1.60. The van der Waals surface area contributed by atoms with Crippen molar-refractivity contribution in [1.82, 2.24) is 25.3 Å². The third kappa shape index (κ3) is 4.98. The predicted molar refractivity (Wildman–Crippen MR) is 103 cm³/mol. The molecule has 2 amide bonds. The molecule has 26 heavy (non-hydrogen) atoms. The average Bonchev–Trinajstić information content (AvgIpc) is 3.30. The Morgan fingerprint density at radius 1 is 1.35 bits per heavy atom. The molecule has 146 valence electrons. The number of nitrogens with one attached hydrogen (secondary N) is 2. The van der Waals surface area contributed by atoms with Crippen molar-refractivity contribution in [2.24, 2.45) is 5.92 Å². The zero-order valence-corrected chi connectivity index (χ0v) is 16.4. The van der Waals surface area contributed by atoms with Gasteiger partial charge >= 0.3 is 0 Å². The first-order valence-corrected chi connectivity index (χ1v) is 9.40. The summed E-state index contributed by atoms with van der Waals surface area (Å²) in [6.45, 7) is 7.10. The molecule has 0 aliphatic carbocycles. The van der Waals surface area contributed by atoms with Gasteiger partial charge in [0.1, 0.15) is 5.69 Å². The van der Waals surface area contributed by atoms with E-state index in [1.54, 1.807) is 6.07 Å². The number of likely N-dealkylation sites (tertiary alicyclic amines) is 1. The zero-order valence-electron chi connectivity index (χ0n) is 15.6. The summed E-state index contributed by atoms with van der Waals surface area (Å²) in [4.78, 5) is 26.7. The molecule has 8 heteroatoms. The summed E-state index contributed by atoms with van der Waals surface area (Å²) >= 11 is 0. The van der Waals surface area contributed by atoms with E-state index in [4.69, 9.17) is 0 Å². The van der Waals surface area contributed by atoms with Crippen LogP contribution in [0.2, 0.25) is 0 Å². The van der Waals surface area contributed by atoms with Gasteiger partial charge in [0.05, 0.1) is 6.04 Å². The largest absolute Gasteiger partial charge is 0.354 e. The Morgan fingerprint density at radius 2 is 2.15 bits per heavy atom. The summed E-state index contributed by atoms with van der Waals surface area (Å²) in [6.07, 6.45) is 5.85. The Bertz CT molecular complexity index is 612. The van der Waals surface area contributed by atoms with Crippen LogP contribution in [0.25, 0.3) is 0 Å². The molecule has 0 spiro atoms. The molecular weight excluding hydrogens is 354 g/mol. The number of hydrogen-bond donors (Lipinski definition) is 2. The average molecular weight is 384 g/mol. The van der Waals surface area contributed by atoms with Crippen LogP contribution in [0.5, 0.6) is 0 Å². The number of carbonyl (C=O) groups excluding carboxylic acids is 2. The fourth-order valence-electron chi connectivity index (χ4n) is 3.59. The summed E-state index contributed by atoms with van der Waals surface area (Å²) in [5.41, 5.74) is 0.508. The van der Waals surface area contributed by atoms with Crippen molar-refractivity contribution >= 4 is 24.2 Å². The monoisotopic (exact) mass is 383 g/mol. The van der Waals surface area contributed by atoms with E-state index in [9.17, 15) is 9.59 Å². The Labute approximate surface area is 161 Å². The number of aromatic nitrogens is 2. The summed E-state index contributed by atoms with van der Waals surface area (Å²) in [5.74, 6) is 0.403. The Kier molecular flexibility index (Phi) is 7.46. The maximum Gasteiger partial charge on any atom is 0.274 e. The molecule has 3 rings (SSSR count). The number of halogens is 1. The van der Waals surface area contributed by atoms with Crippen LogP contribution in [0.4, 0.5) is 0 Å². The standard InChI is InChI=1S/C18H29N5O2.ClH/c1-13(2)23-10-7-16(21-23)18(25)22-9-4-5-14(12-22)11-20-17(24)15-6-3-8-19-15;/h7,10,13-15,19H,3-6,8-9,11-12H2,1-2H3,(H,20,24);1H. The van der Waals surface area contributed by atoms with Crippen molar-refractivity contribution in [3.63, 3.8) is 0 Å². The molecule has 2 aliphatic heterocycles. The van der Waals surface area contributed by atoms with Crippen LogP contribution >= 0.6 is 12.4 Å². The molecule has 3 heterocycles. The topological polar surface area (TPSA) is 79.3 Å². The lowest BCUT2D eigenvalue weighted by molar-refractivity contribution is -0.123. The van der Waals surface area contributed by atoms with Crippen LogP contribution in [-0.4, -0.2) is 58.7 Å². The highest BCUT2D eigenvalue weighted by Crippen LogP contribution is 2.18. The van der Waals surface area contributed by atoms with E-state index in [0.29, 0.717) is 24.7 Å². The van der Waals surface area contributed by atoms with Crippen LogP contribution in [0.1, 0.15) is 56.1 Å². The van der Waals surface area contributed by atoms with E-state index >= 15 is 0 Å². The minimum absolute atomic E-state index is 0. The van der Waals surface area contributed by atoms with Gasteiger partial charge in [-0.3, -0.25) is 14.3 Å². The van der Waals surface area contributed by atoms with Crippen molar-refractivity contribution < 1.29 is 9.59 Å². The van der Waals surface area contributed by atoms with Gasteiger partial charge in [0, 0.05) is 31.9 Å². The first kappa shape index (κ1) is 20.7. The molecular formula is C18H30ClN5O2. The van der Waals surface area contributed by atoms with E-state index in [0.717, 1.165) is 38.8 Å². The molecule has 2 aliphatic rings. The van der Waals surface area contributed by atoms with Crippen molar-refractivity contribution in [3.05, 3.63) is 18.0 Å². The first-order valence-electron chi connectivity index (χ1n) is 9.40. The second-order valence-corrected chi connectivity index (χ2v) is 7.43. The second kappa shape index (κ2) is 9.37. The number of carbonyl (C=O) groups is 2. The fraction of sp³-hybridized carbons (Fsp3) is 0.722. The van der Waals surface area contributed by atoms with E-state index < -0.39 is 0 Å². The van der Waals surface area contributed by atoms with E-state index in [1.165, 1.54) is 0 Å². The third-order valence-electron chi connectivity index (χ3n) is 5.10. The highest BCUT2D eigenvalue weighted by molar-refractivity contribution is 5.92. The molecule has 2 saturated heterocycles. The predicted octanol–water partition coefficient (Wildman–Crippen LogP) is 1.61. The van der Waals surface area contributed by atoms with Crippen LogP contribution in [0, 0.1) is 5.92 Å². The van der Waals surface area contributed by atoms with E-state index in [1.807, 2.05) is 29.6 Å². The lowest BCUT2D eigenvalue weighted by atomic mass is 9.97. The number of amides is 2. The SMILES string of the molecule is CC(C)n1ccc(C(=O)N2CCCC(CNC(=O)C3CCCN3)C2)n1.Cl. The van der Waals surface area contributed by atoms with Gasteiger partial charge < -0.3 is 15.5 Å². The number of nitrogens with zero attached hydrogens (tertiary/aromatic N) is 3. The second-order valence-electron chi connectivity index (χ2n) is 7.43. The quantitative estimate of drug-likeness (QED) is 0.809. The van der Waals surface area contributed by atoms with Gasteiger partial charge in [0.25, 0.3) is 5.91 Å². The molecule has 2 unspecified atom stereocenters. The summed E-state index contributed by atoms with van der Waals surface area (Å²) in [7, 11) is 0. The van der Waals surface area contributed by atoms with Gasteiger partial charge in [-0.1, -0.05) is 0 Å². The van der Waals surface area contributed by atoms with Crippen molar-refractivity contribution in [2.45, 2.75) is 51.6 Å². The minimum atomic E-state index is -0.0404. The van der Waals surface area contributed by atoms with Crippen molar-refractivity contribution in [3.8, 4) is 0 Å². The summed E-state index contributed by atoms with van der Waals surface area (Å²) in [6, 6.07) is 2.00. The highest BCUT2D eigenvalue weighted by atomic mass is 35.5. The molecule has 7 nitrogen and oxygen atoms in total. The van der Waals surface area contributed by atoms with Gasteiger partial charge in [0.15, 0.2) is 0 Å². The zero-order chi connectivity index (χ0) is 17.8. The summed E-state index contributed by atoms with van der Waals surface area (Å²) < 4.78 is 1.81. The maximum atomic E-state index is 12.7. The number of piperidine rings is 1. The molecule has 0 saturated carbocycles. The van der Waals surface area contributed by atoms with Gasteiger partial charge in [0.2, 0.25) is 5.91 Å². The lowest BCUT2D eigenvalue weighted by Gasteiger charge is -2.32. The maximum absolute atomic E-state index is 12.7. The van der Waals surface area contributed by atoms with E-state index in [-0.39, 0.29) is 36.3 Å². The van der Waals surface area contributed by atoms with Crippen LogP contribution in [0.3, 0.4) is 0 Å². The number of hydrogen-bond acceptors (Lipinski definition) is 4. The lowest BCUT2D eigenvalue weighted by Crippen LogP contribution is -2.46. The molecule has 0 radical (unpaired) electrons. The van der Waals surface area contributed by atoms with Gasteiger partial charge in [-0.05, 0) is 58.1 Å². The highest BCUT2D eigenvalue weighted by Gasteiger charge is 2.27. The fourth-order valence-corrected chi connectivity index (χ4v) is 3.59. The van der Waals surface area contributed by atoms with Crippen LogP contribution in [-0.2, 0) is 4.79 Å².